The van der Waals surface area contributed by atoms with Crippen LogP contribution >= 0.6 is 21.8 Å². The summed E-state index contributed by atoms with van der Waals surface area (Å²) in [4.78, 5) is 6.13. The third kappa shape index (κ3) is 4.69. The van der Waals surface area contributed by atoms with Gasteiger partial charge >= 0.3 is 10.2 Å². The second-order valence-corrected chi connectivity index (χ2v) is 9.53. The van der Waals surface area contributed by atoms with Crippen LogP contribution in [0.3, 0.4) is 0 Å². The quantitative estimate of drug-likeness (QED) is 0.237. The second kappa shape index (κ2) is 6.50. The molecule has 0 bridgehead atoms. The van der Waals surface area contributed by atoms with E-state index in [0.29, 0.717) is 29.5 Å². The van der Waals surface area contributed by atoms with E-state index < -0.39 is 15.1 Å². The molecule has 0 saturated heterocycles. The molecule has 0 amide bonds. The zero-order valence-corrected chi connectivity index (χ0v) is 17.2. The van der Waals surface area contributed by atoms with E-state index in [1.807, 2.05) is 6.92 Å². The van der Waals surface area contributed by atoms with Crippen molar-refractivity contribution in [1.29, 1.82) is 0 Å². The number of benzene rings is 1. The summed E-state index contributed by atoms with van der Waals surface area (Å²) in [6.07, 6.45) is 1.62. The van der Waals surface area contributed by atoms with Gasteiger partial charge in [-0.25, -0.2) is 4.98 Å². The van der Waals surface area contributed by atoms with Gasteiger partial charge in [-0.3, -0.25) is 4.68 Å². The summed E-state index contributed by atoms with van der Waals surface area (Å²) in [5.74, 6) is -0.0271. The van der Waals surface area contributed by atoms with E-state index in [4.69, 9.17) is 16.1 Å². The van der Waals surface area contributed by atoms with Crippen LogP contribution in [0.5, 0.6) is 0 Å². The Morgan fingerprint density at radius 2 is 1.74 bits per heavy atom. The number of rotatable bonds is 5. The molecule has 3 aromatic heterocycles. The van der Waals surface area contributed by atoms with Gasteiger partial charge in [0.05, 0.1) is 6.54 Å². The molecule has 4 rings (SSSR count). The molecular weight excluding hydrogens is 465 g/mol. The lowest BCUT2D eigenvalue weighted by atomic mass is 10.2. The summed E-state index contributed by atoms with van der Waals surface area (Å²) in [6, 6.07) is 7.47. The van der Waals surface area contributed by atoms with Gasteiger partial charge in [0.1, 0.15) is 10.0 Å². The lowest BCUT2D eigenvalue weighted by Gasteiger charge is -2.40. The van der Waals surface area contributed by atoms with Crippen LogP contribution in [0.2, 0.25) is 5.15 Å². The van der Waals surface area contributed by atoms with Crippen LogP contribution in [0.15, 0.2) is 58.1 Å². The molecule has 0 unspecified atom stereocenters. The van der Waals surface area contributed by atoms with Gasteiger partial charge in [0.25, 0.3) is 5.89 Å². The molecule has 0 spiro atoms. The van der Waals surface area contributed by atoms with Gasteiger partial charge in [-0.1, -0.05) is 42.3 Å². The third-order valence-electron chi connectivity index (χ3n) is 4.31. The Labute approximate surface area is 177 Å². The van der Waals surface area contributed by atoms with E-state index in [1.54, 1.807) is 29.1 Å². The Hall–Kier alpha value is -2.99. The maximum absolute atomic E-state index is 12.9. The molecule has 0 atom stereocenters. The van der Waals surface area contributed by atoms with Crippen molar-refractivity contribution in [2.45, 2.75) is 18.4 Å². The van der Waals surface area contributed by atoms with Gasteiger partial charge in [-0.2, -0.15) is 10.1 Å². The van der Waals surface area contributed by atoms with Crippen LogP contribution < -0.4 is 0 Å². The highest BCUT2D eigenvalue weighted by Crippen LogP contribution is 3.02. The van der Waals surface area contributed by atoms with E-state index in [-0.39, 0.29) is 17.3 Å². The number of hydrogen-bond acceptors (Lipinski definition) is 5. The van der Waals surface area contributed by atoms with Crippen LogP contribution in [-0.2, 0) is 6.54 Å². The van der Waals surface area contributed by atoms with Gasteiger partial charge in [-0.05, 0) is 48.9 Å². The van der Waals surface area contributed by atoms with Gasteiger partial charge in [0.2, 0.25) is 5.82 Å². The highest BCUT2D eigenvalue weighted by atomic mass is 35.5. The summed E-state index contributed by atoms with van der Waals surface area (Å²) in [7, 11) is -9.74. The summed E-state index contributed by atoms with van der Waals surface area (Å²) >= 11 is 5.78. The van der Waals surface area contributed by atoms with Crippen molar-refractivity contribution >= 4 is 21.8 Å². The fourth-order valence-corrected chi connectivity index (χ4v) is 3.52. The molecule has 6 nitrogen and oxygen atoms in total. The molecule has 3 heterocycles. The van der Waals surface area contributed by atoms with Crippen molar-refractivity contribution in [2.24, 2.45) is 0 Å². The topological polar surface area (TPSA) is 69.6 Å². The fourth-order valence-electron chi connectivity index (χ4n) is 2.75. The SMILES string of the molecule is Cc1cc(-c2nc(-c3ccc(S(F)(F)(F)(F)F)cc3)no2)nn1Cc1ccc(Cl)nc1. The Bertz CT molecular complexity index is 1250. The maximum atomic E-state index is 12.9. The van der Waals surface area contributed by atoms with Crippen LogP contribution in [0.25, 0.3) is 23.0 Å². The minimum absolute atomic E-state index is 0.0304. The fraction of sp³-hybridized carbons (Fsp3) is 0.111. The Morgan fingerprint density at radius 3 is 2.35 bits per heavy atom. The molecule has 31 heavy (non-hydrogen) atoms. The molecule has 0 N–H and O–H groups in total. The summed E-state index contributed by atoms with van der Waals surface area (Å²) < 4.78 is 71.1. The van der Waals surface area contributed by atoms with Crippen LogP contribution in [0.1, 0.15) is 11.3 Å². The minimum Gasteiger partial charge on any atom is -0.332 e. The summed E-state index contributed by atoms with van der Waals surface area (Å²) in [5, 5.41) is 8.46. The highest BCUT2D eigenvalue weighted by molar-refractivity contribution is 8.45. The number of aryl methyl sites for hydroxylation is 1. The van der Waals surface area contributed by atoms with Crippen molar-refractivity contribution in [2.75, 3.05) is 0 Å². The van der Waals surface area contributed by atoms with Gasteiger partial charge in [-0.15, -0.1) is 0 Å². The van der Waals surface area contributed by atoms with Gasteiger partial charge < -0.3 is 4.52 Å². The number of hydrogen-bond donors (Lipinski definition) is 0. The van der Waals surface area contributed by atoms with Crippen molar-refractivity contribution in [3.05, 3.63) is 65.1 Å². The summed E-state index contributed by atoms with van der Waals surface area (Å²) in [5.41, 5.74) is 2.08. The molecule has 164 valence electrons. The molecule has 0 radical (unpaired) electrons. The van der Waals surface area contributed by atoms with E-state index in [0.717, 1.165) is 23.4 Å². The number of pyridine rings is 1. The first-order valence-corrected chi connectivity index (χ1v) is 10.9. The van der Waals surface area contributed by atoms with E-state index in [9.17, 15) is 19.4 Å². The van der Waals surface area contributed by atoms with Crippen molar-refractivity contribution in [3.63, 3.8) is 0 Å². The average Bonchev–Trinajstić information content (AvgIpc) is 3.29. The predicted molar refractivity (Wildman–Crippen MR) is 105 cm³/mol. The lowest BCUT2D eigenvalue weighted by molar-refractivity contribution is 0.364. The third-order valence-corrected chi connectivity index (χ3v) is 5.69. The van der Waals surface area contributed by atoms with E-state index in [2.05, 4.69) is 20.2 Å². The first-order valence-electron chi connectivity index (χ1n) is 8.62. The standard InChI is InChI=1S/C18H13ClF5N5OS/c1-11-8-15(27-29(11)10-12-2-7-16(19)25-9-12)18-26-17(28-30-18)13-3-5-14(6-4-13)31(20,21,22,23)24/h2-9H,10H2,1H3. The van der Waals surface area contributed by atoms with Gasteiger partial charge in [0.15, 0.2) is 5.69 Å². The smallest absolute Gasteiger partial charge is 0.310 e. The van der Waals surface area contributed by atoms with E-state index in [1.165, 1.54) is 0 Å². The molecular formula is C18H13ClF5N5OS. The molecule has 1 aromatic carbocycles. The normalized spacial score (nSPS) is 14.3. The molecule has 0 aliphatic rings. The van der Waals surface area contributed by atoms with Crippen LogP contribution in [0, 0.1) is 6.92 Å². The molecule has 0 aliphatic heterocycles. The number of halogens is 6. The Kier molecular flexibility index (Phi) is 4.46. The monoisotopic (exact) mass is 477 g/mol. The van der Waals surface area contributed by atoms with Gasteiger partial charge in [0, 0.05) is 17.5 Å². The van der Waals surface area contributed by atoms with Crippen molar-refractivity contribution in [3.8, 4) is 23.0 Å². The Morgan fingerprint density at radius 1 is 1.03 bits per heavy atom. The van der Waals surface area contributed by atoms with Crippen LogP contribution in [-0.4, -0.2) is 24.9 Å². The molecule has 13 heteroatoms. The summed E-state index contributed by atoms with van der Waals surface area (Å²) in [6.45, 7) is 2.22. The second-order valence-electron chi connectivity index (χ2n) is 6.73. The first-order chi connectivity index (χ1) is 14.3. The largest absolute Gasteiger partial charge is 0.332 e. The van der Waals surface area contributed by atoms with E-state index >= 15 is 0 Å². The predicted octanol–water partition coefficient (Wildman–Crippen LogP) is 6.66. The van der Waals surface area contributed by atoms with Crippen molar-refractivity contribution < 1.29 is 24.0 Å². The number of aromatic nitrogens is 5. The van der Waals surface area contributed by atoms with Crippen molar-refractivity contribution in [1.82, 2.24) is 24.9 Å². The maximum Gasteiger partial charge on any atom is 0.310 e. The minimum atomic E-state index is -9.74. The average molecular weight is 478 g/mol. The first kappa shape index (κ1) is 21.2. The molecule has 0 saturated carbocycles. The zero-order valence-electron chi connectivity index (χ0n) is 15.6. The molecule has 0 aliphatic carbocycles. The lowest BCUT2D eigenvalue weighted by Crippen LogP contribution is -2.05. The number of nitrogens with zero attached hydrogens (tertiary/aromatic N) is 5. The Balaban J connectivity index is 1.57. The molecule has 0 fully saturated rings. The zero-order chi connectivity index (χ0) is 22.5. The molecule has 4 aromatic rings. The van der Waals surface area contributed by atoms with Crippen LogP contribution in [0.4, 0.5) is 19.4 Å². The highest BCUT2D eigenvalue weighted by Gasteiger charge is 2.65.